The Morgan fingerprint density at radius 2 is 2.15 bits per heavy atom. The summed E-state index contributed by atoms with van der Waals surface area (Å²) in [4.78, 5) is 38.8. The standard InChI is InChI=1S/C17H22N6O3S/c1-10(2)23-8-12(20-21-23)7-13-16(25)22(17(26)19-13)9-15(24)18-11(3)14-5-4-6-27-14/h4-6,8,10-11,13H,7,9H2,1-3H3,(H,18,24)(H,19,26)/t11-,13+/m1/s1. The number of hydrogen-bond donors (Lipinski definition) is 2. The van der Waals surface area contributed by atoms with Crippen LogP contribution in [0, 0.1) is 0 Å². The van der Waals surface area contributed by atoms with E-state index in [1.165, 1.54) is 11.3 Å². The molecule has 3 rings (SSSR count). The van der Waals surface area contributed by atoms with Gasteiger partial charge in [0.1, 0.15) is 12.6 Å². The summed E-state index contributed by atoms with van der Waals surface area (Å²) in [6.07, 6.45) is 1.99. The number of hydrogen-bond acceptors (Lipinski definition) is 6. The van der Waals surface area contributed by atoms with Crippen LogP contribution in [0.2, 0.25) is 0 Å². The normalized spacial score (nSPS) is 18.1. The second kappa shape index (κ2) is 7.87. The van der Waals surface area contributed by atoms with E-state index < -0.39 is 18.0 Å². The van der Waals surface area contributed by atoms with Crippen molar-refractivity contribution < 1.29 is 14.4 Å². The Kier molecular flexibility index (Phi) is 5.54. The first-order chi connectivity index (χ1) is 12.8. The maximum atomic E-state index is 12.5. The van der Waals surface area contributed by atoms with Crippen LogP contribution >= 0.6 is 11.3 Å². The van der Waals surface area contributed by atoms with Crippen molar-refractivity contribution in [3.05, 3.63) is 34.3 Å². The zero-order valence-corrected chi connectivity index (χ0v) is 16.2. The predicted octanol–water partition coefficient (Wildman–Crippen LogP) is 1.26. The van der Waals surface area contributed by atoms with Crippen molar-refractivity contribution in [1.29, 1.82) is 0 Å². The Morgan fingerprint density at radius 1 is 1.37 bits per heavy atom. The maximum absolute atomic E-state index is 12.5. The molecule has 10 heteroatoms. The molecule has 144 valence electrons. The molecule has 0 spiro atoms. The van der Waals surface area contributed by atoms with Gasteiger partial charge < -0.3 is 10.6 Å². The molecule has 0 bridgehead atoms. The van der Waals surface area contributed by atoms with Gasteiger partial charge in [-0.05, 0) is 32.2 Å². The summed E-state index contributed by atoms with van der Waals surface area (Å²) < 4.78 is 1.69. The highest BCUT2D eigenvalue weighted by molar-refractivity contribution is 7.10. The third-order valence-corrected chi connectivity index (χ3v) is 5.31. The van der Waals surface area contributed by atoms with Crippen LogP contribution in [0.1, 0.15) is 43.4 Å². The van der Waals surface area contributed by atoms with Crippen molar-refractivity contribution in [2.24, 2.45) is 0 Å². The van der Waals surface area contributed by atoms with E-state index in [0.717, 1.165) is 9.78 Å². The van der Waals surface area contributed by atoms with Gasteiger partial charge in [-0.3, -0.25) is 14.5 Å². The van der Waals surface area contributed by atoms with Crippen LogP contribution in [0.15, 0.2) is 23.7 Å². The lowest BCUT2D eigenvalue weighted by molar-refractivity contribution is -0.132. The Morgan fingerprint density at radius 3 is 2.78 bits per heavy atom. The van der Waals surface area contributed by atoms with Crippen LogP contribution in [0.5, 0.6) is 0 Å². The molecule has 2 N–H and O–H groups in total. The van der Waals surface area contributed by atoms with Gasteiger partial charge in [-0.15, -0.1) is 16.4 Å². The van der Waals surface area contributed by atoms with Crippen molar-refractivity contribution >= 4 is 29.2 Å². The molecule has 9 nitrogen and oxygen atoms in total. The van der Waals surface area contributed by atoms with E-state index in [9.17, 15) is 14.4 Å². The van der Waals surface area contributed by atoms with Crippen LogP contribution in [0.25, 0.3) is 0 Å². The highest BCUT2D eigenvalue weighted by Crippen LogP contribution is 2.18. The minimum absolute atomic E-state index is 0.158. The number of amides is 4. The van der Waals surface area contributed by atoms with Gasteiger partial charge in [-0.1, -0.05) is 11.3 Å². The molecule has 1 saturated heterocycles. The number of carbonyl (C=O) groups excluding carboxylic acids is 3. The van der Waals surface area contributed by atoms with Gasteiger partial charge in [0.25, 0.3) is 5.91 Å². The first-order valence-electron chi connectivity index (χ1n) is 8.70. The van der Waals surface area contributed by atoms with Gasteiger partial charge in [0, 0.05) is 23.5 Å². The second-order valence-corrected chi connectivity index (χ2v) is 7.70. The van der Waals surface area contributed by atoms with Crippen LogP contribution < -0.4 is 10.6 Å². The van der Waals surface area contributed by atoms with Crippen molar-refractivity contribution in [3.8, 4) is 0 Å². The lowest BCUT2D eigenvalue weighted by atomic mass is 10.1. The summed E-state index contributed by atoms with van der Waals surface area (Å²) in [5, 5.41) is 15.4. The van der Waals surface area contributed by atoms with Gasteiger partial charge in [0.15, 0.2) is 0 Å². The van der Waals surface area contributed by atoms with E-state index in [2.05, 4.69) is 20.9 Å². The average Bonchev–Trinajstić information content (AvgIpc) is 3.33. The monoisotopic (exact) mass is 390 g/mol. The van der Waals surface area contributed by atoms with E-state index in [0.29, 0.717) is 5.69 Å². The van der Waals surface area contributed by atoms with Gasteiger partial charge in [0.05, 0.1) is 11.7 Å². The van der Waals surface area contributed by atoms with Crippen molar-refractivity contribution in [2.45, 2.75) is 45.3 Å². The fraction of sp³-hybridized carbons (Fsp3) is 0.471. The predicted molar refractivity (Wildman–Crippen MR) is 99.0 cm³/mol. The van der Waals surface area contributed by atoms with Crippen LogP contribution in [-0.2, 0) is 16.0 Å². The summed E-state index contributed by atoms with van der Waals surface area (Å²) >= 11 is 1.53. The molecule has 2 atom stereocenters. The van der Waals surface area contributed by atoms with E-state index in [1.54, 1.807) is 10.9 Å². The highest BCUT2D eigenvalue weighted by Gasteiger charge is 2.39. The number of nitrogens with one attached hydrogen (secondary N) is 2. The third kappa shape index (κ3) is 4.33. The molecule has 1 fully saturated rings. The number of carbonyl (C=O) groups is 3. The molecule has 2 aromatic heterocycles. The lowest BCUT2D eigenvalue weighted by Gasteiger charge is -2.16. The van der Waals surface area contributed by atoms with Crippen molar-refractivity contribution in [2.75, 3.05) is 6.54 Å². The van der Waals surface area contributed by atoms with Crippen LogP contribution in [-0.4, -0.2) is 50.3 Å². The molecule has 27 heavy (non-hydrogen) atoms. The molecule has 0 aliphatic carbocycles. The van der Waals surface area contributed by atoms with Gasteiger partial charge in [-0.2, -0.15) is 0 Å². The quantitative estimate of drug-likeness (QED) is 0.692. The molecule has 2 aromatic rings. The zero-order valence-electron chi connectivity index (χ0n) is 15.4. The Labute approximate surface area is 160 Å². The number of aromatic nitrogens is 3. The minimum atomic E-state index is -0.739. The maximum Gasteiger partial charge on any atom is 0.325 e. The first-order valence-corrected chi connectivity index (χ1v) is 9.58. The number of thiophene rings is 1. The second-order valence-electron chi connectivity index (χ2n) is 6.72. The smallest absolute Gasteiger partial charge is 0.325 e. The van der Waals surface area contributed by atoms with Crippen molar-refractivity contribution in [3.63, 3.8) is 0 Å². The molecule has 3 heterocycles. The molecule has 0 radical (unpaired) electrons. The van der Waals surface area contributed by atoms with Gasteiger partial charge >= 0.3 is 6.03 Å². The zero-order chi connectivity index (χ0) is 19.6. The molecule has 1 aliphatic rings. The summed E-state index contributed by atoms with van der Waals surface area (Å²) in [5.74, 6) is -0.816. The first kappa shape index (κ1) is 19.0. The minimum Gasteiger partial charge on any atom is -0.347 e. The summed E-state index contributed by atoms with van der Waals surface area (Å²) in [6, 6.07) is 2.49. The van der Waals surface area contributed by atoms with E-state index >= 15 is 0 Å². The molecule has 1 aliphatic heterocycles. The number of rotatable bonds is 7. The summed E-state index contributed by atoms with van der Waals surface area (Å²) in [6.45, 7) is 5.49. The molecule has 4 amide bonds. The van der Waals surface area contributed by atoms with Gasteiger partial charge in [0.2, 0.25) is 5.91 Å². The molecule has 0 unspecified atom stereocenters. The van der Waals surface area contributed by atoms with Crippen molar-refractivity contribution in [1.82, 2.24) is 30.5 Å². The van der Waals surface area contributed by atoms with E-state index in [1.807, 2.05) is 38.3 Å². The van der Waals surface area contributed by atoms with Crippen LogP contribution in [0.4, 0.5) is 4.79 Å². The van der Waals surface area contributed by atoms with Crippen LogP contribution in [0.3, 0.4) is 0 Å². The highest BCUT2D eigenvalue weighted by atomic mass is 32.1. The van der Waals surface area contributed by atoms with Gasteiger partial charge in [-0.25, -0.2) is 9.48 Å². The fourth-order valence-electron chi connectivity index (χ4n) is 2.77. The summed E-state index contributed by atoms with van der Waals surface area (Å²) in [5.41, 5.74) is 0.611. The van der Waals surface area contributed by atoms with E-state index in [4.69, 9.17) is 0 Å². The molecule has 0 aromatic carbocycles. The topological polar surface area (TPSA) is 109 Å². The lowest BCUT2D eigenvalue weighted by Crippen LogP contribution is -2.41. The molecular weight excluding hydrogens is 368 g/mol. The Balaban J connectivity index is 1.57. The SMILES string of the molecule is CC(C)n1cc(C[C@@H]2NC(=O)N(CC(=O)N[C@H](C)c3cccs3)C2=O)nn1. The number of urea groups is 1. The average molecular weight is 390 g/mol. The Hall–Kier alpha value is -2.75. The fourth-order valence-corrected chi connectivity index (χ4v) is 3.51. The largest absolute Gasteiger partial charge is 0.347 e. The number of nitrogens with zero attached hydrogens (tertiary/aromatic N) is 4. The summed E-state index contributed by atoms with van der Waals surface area (Å²) in [7, 11) is 0. The van der Waals surface area contributed by atoms with E-state index in [-0.39, 0.29) is 31.0 Å². The molecular formula is C17H22N6O3S. The molecule has 0 saturated carbocycles. The Bertz CT molecular complexity index is 832. The number of imide groups is 1. The third-order valence-electron chi connectivity index (χ3n) is 4.26.